The number of nitriles is 1. The van der Waals surface area contributed by atoms with Crippen molar-refractivity contribution in [3.8, 4) is 6.07 Å². The number of thioether (sulfide) groups is 1. The normalized spacial score (nSPS) is 27.7. The summed E-state index contributed by atoms with van der Waals surface area (Å²) in [7, 11) is 0. The lowest BCUT2D eigenvalue weighted by atomic mass is 9.82. The zero-order chi connectivity index (χ0) is 12.8. The van der Waals surface area contributed by atoms with Crippen LogP contribution in [0.25, 0.3) is 0 Å². The molecule has 2 rings (SSSR count). The highest BCUT2D eigenvalue weighted by Crippen LogP contribution is 2.37. The Bertz CT molecular complexity index is 413. The van der Waals surface area contributed by atoms with E-state index in [-0.39, 0.29) is 5.54 Å². The molecule has 0 spiro atoms. The van der Waals surface area contributed by atoms with Gasteiger partial charge >= 0.3 is 0 Å². The lowest BCUT2D eigenvalue weighted by Gasteiger charge is -2.35. The maximum Gasteiger partial charge on any atom is 0.115 e. The van der Waals surface area contributed by atoms with Crippen molar-refractivity contribution in [1.29, 1.82) is 5.26 Å². The van der Waals surface area contributed by atoms with E-state index in [0.29, 0.717) is 5.25 Å². The average molecular weight is 262 g/mol. The Kier molecular flexibility index (Phi) is 4.56. The molecule has 2 atom stereocenters. The largest absolute Gasteiger partial charge is 0.300 e. The molecule has 1 saturated carbocycles. The lowest BCUT2D eigenvalue weighted by molar-refractivity contribution is 0.309. The van der Waals surface area contributed by atoms with Gasteiger partial charge in [-0.2, -0.15) is 5.26 Å². The molecular formula is C13H18N4S. The van der Waals surface area contributed by atoms with Gasteiger partial charge in [0.1, 0.15) is 10.6 Å². The van der Waals surface area contributed by atoms with E-state index in [2.05, 4.69) is 28.3 Å². The molecule has 1 fully saturated rings. The van der Waals surface area contributed by atoms with E-state index in [9.17, 15) is 5.26 Å². The minimum Gasteiger partial charge on any atom is -0.300 e. The van der Waals surface area contributed by atoms with Crippen LogP contribution in [0.15, 0.2) is 23.6 Å². The van der Waals surface area contributed by atoms with Gasteiger partial charge < -0.3 is 0 Å². The Morgan fingerprint density at radius 2 is 2.50 bits per heavy atom. The Balaban J connectivity index is 2.01. The van der Waals surface area contributed by atoms with Gasteiger partial charge in [-0.25, -0.2) is 4.98 Å². The second-order valence-corrected chi connectivity index (χ2v) is 5.92. The van der Waals surface area contributed by atoms with Gasteiger partial charge in [-0.1, -0.05) is 6.92 Å². The summed E-state index contributed by atoms with van der Waals surface area (Å²) in [6.07, 6.45) is 9.28. The van der Waals surface area contributed by atoms with Gasteiger partial charge in [-0.15, -0.1) is 11.8 Å². The van der Waals surface area contributed by atoms with Crippen molar-refractivity contribution in [2.45, 2.75) is 48.4 Å². The Morgan fingerprint density at radius 1 is 1.61 bits per heavy atom. The zero-order valence-electron chi connectivity index (χ0n) is 10.6. The molecule has 0 aliphatic heterocycles. The van der Waals surface area contributed by atoms with Crippen molar-refractivity contribution in [1.82, 2.24) is 15.3 Å². The summed E-state index contributed by atoms with van der Waals surface area (Å²) in [4.78, 5) is 8.37. The quantitative estimate of drug-likeness (QED) is 0.902. The molecular weight excluding hydrogens is 244 g/mol. The fraction of sp³-hybridized carbons (Fsp3) is 0.615. The Morgan fingerprint density at radius 3 is 3.17 bits per heavy atom. The van der Waals surface area contributed by atoms with E-state index >= 15 is 0 Å². The van der Waals surface area contributed by atoms with Gasteiger partial charge in [0, 0.05) is 17.6 Å². The average Bonchev–Trinajstić information content (AvgIpc) is 2.41. The molecule has 0 radical (unpaired) electrons. The van der Waals surface area contributed by atoms with Crippen LogP contribution in [0.1, 0.15) is 32.6 Å². The molecule has 0 bridgehead atoms. The third kappa shape index (κ3) is 3.21. The van der Waals surface area contributed by atoms with Gasteiger partial charge in [0.25, 0.3) is 0 Å². The predicted molar refractivity (Wildman–Crippen MR) is 72.2 cm³/mol. The number of hydrogen-bond donors (Lipinski definition) is 1. The number of nitrogens with zero attached hydrogens (tertiary/aromatic N) is 3. The number of rotatable bonds is 4. The van der Waals surface area contributed by atoms with Crippen molar-refractivity contribution in [3.63, 3.8) is 0 Å². The maximum absolute atomic E-state index is 9.41. The van der Waals surface area contributed by atoms with E-state index in [1.54, 1.807) is 30.4 Å². The number of hydrogen-bond acceptors (Lipinski definition) is 5. The molecule has 1 aromatic rings. The number of nitrogens with one attached hydrogen (secondary N) is 1. The van der Waals surface area contributed by atoms with Gasteiger partial charge in [0.05, 0.1) is 12.3 Å². The fourth-order valence-electron chi connectivity index (χ4n) is 2.48. The predicted octanol–water partition coefficient (Wildman–Crippen LogP) is 2.38. The summed E-state index contributed by atoms with van der Waals surface area (Å²) < 4.78 is 0. The van der Waals surface area contributed by atoms with E-state index in [4.69, 9.17) is 0 Å². The summed E-state index contributed by atoms with van der Waals surface area (Å²) in [6.45, 7) is 2.90. The Hall–Kier alpha value is -1.12. The van der Waals surface area contributed by atoms with E-state index in [0.717, 1.165) is 37.3 Å². The molecule has 18 heavy (non-hydrogen) atoms. The van der Waals surface area contributed by atoms with Gasteiger partial charge in [-0.3, -0.25) is 10.3 Å². The minimum atomic E-state index is -0.340. The van der Waals surface area contributed by atoms with Gasteiger partial charge in [0.15, 0.2) is 0 Å². The Labute approximate surface area is 112 Å². The van der Waals surface area contributed by atoms with Crippen LogP contribution in [0.2, 0.25) is 0 Å². The van der Waals surface area contributed by atoms with Crippen molar-refractivity contribution in [2.24, 2.45) is 0 Å². The SMILES string of the molecule is CCNC1(C#N)CCCC(Sc2cnccn2)C1. The first-order chi connectivity index (χ1) is 8.78. The highest BCUT2D eigenvalue weighted by Gasteiger charge is 2.36. The topological polar surface area (TPSA) is 61.6 Å². The van der Waals surface area contributed by atoms with Crippen molar-refractivity contribution >= 4 is 11.8 Å². The monoisotopic (exact) mass is 262 g/mol. The molecule has 2 unspecified atom stereocenters. The summed E-state index contributed by atoms with van der Waals surface area (Å²) >= 11 is 1.74. The van der Waals surface area contributed by atoms with Gasteiger partial charge in [0.2, 0.25) is 0 Å². The summed E-state index contributed by atoms with van der Waals surface area (Å²) in [5.41, 5.74) is -0.340. The van der Waals surface area contributed by atoms with Crippen LogP contribution in [0.5, 0.6) is 0 Å². The highest BCUT2D eigenvalue weighted by atomic mass is 32.2. The van der Waals surface area contributed by atoms with E-state index < -0.39 is 0 Å². The molecule has 0 amide bonds. The lowest BCUT2D eigenvalue weighted by Crippen LogP contribution is -2.48. The summed E-state index contributed by atoms with van der Waals surface area (Å²) in [5.74, 6) is 0. The third-order valence-electron chi connectivity index (χ3n) is 3.26. The molecule has 1 aliphatic carbocycles. The van der Waals surface area contributed by atoms with Gasteiger partial charge in [-0.05, 0) is 32.2 Å². The fourth-order valence-corrected chi connectivity index (χ4v) is 3.72. The summed E-state index contributed by atoms with van der Waals surface area (Å²) in [5, 5.41) is 14.2. The standard InChI is InChI=1S/C13H18N4S/c1-2-17-13(10-14)5-3-4-11(8-13)18-12-9-15-6-7-16-12/h6-7,9,11,17H,2-5,8H2,1H3. The van der Waals surface area contributed by atoms with Crippen LogP contribution in [-0.4, -0.2) is 27.3 Å². The molecule has 0 saturated heterocycles. The first-order valence-electron chi connectivity index (χ1n) is 6.37. The smallest absolute Gasteiger partial charge is 0.115 e. The molecule has 96 valence electrons. The van der Waals surface area contributed by atoms with Crippen molar-refractivity contribution < 1.29 is 0 Å². The molecule has 1 aromatic heterocycles. The van der Waals surface area contributed by atoms with Crippen molar-refractivity contribution in [3.05, 3.63) is 18.6 Å². The van der Waals surface area contributed by atoms with Crippen LogP contribution in [0, 0.1) is 11.3 Å². The van der Waals surface area contributed by atoms with E-state index in [1.165, 1.54) is 0 Å². The number of aromatic nitrogens is 2. The molecule has 0 aromatic carbocycles. The van der Waals surface area contributed by atoms with Crippen molar-refractivity contribution in [2.75, 3.05) is 6.54 Å². The zero-order valence-corrected chi connectivity index (χ0v) is 11.4. The van der Waals surface area contributed by atoms with Crippen LogP contribution >= 0.6 is 11.8 Å². The molecule has 5 heteroatoms. The third-order valence-corrected chi connectivity index (χ3v) is 4.45. The summed E-state index contributed by atoms with van der Waals surface area (Å²) in [6, 6.07) is 2.47. The first-order valence-corrected chi connectivity index (χ1v) is 7.25. The highest BCUT2D eigenvalue weighted by molar-refractivity contribution is 7.99. The second-order valence-electron chi connectivity index (χ2n) is 4.60. The molecule has 1 heterocycles. The minimum absolute atomic E-state index is 0.340. The van der Waals surface area contributed by atoms with Crippen LogP contribution in [0.3, 0.4) is 0 Å². The van der Waals surface area contributed by atoms with Crippen LogP contribution < -0.4 is 5.32 Å². The van der Waals surface area contributed by atoms with Crippen LogP contribution in [-0.2, 0) is 0 Å². The second kappa shape index (κ2) is 6.17. The van der Waals surface area contributed by atoms with Crippen LogP contribution in [0.4, 0.5) is 0 Å². The van der Waals surface area contributed by atoms with E-state index in [1.807, 2.05) is 0 Å². The maximum atomic E-state index is 9.41. The molecule has 1 aliphatic rings. The molecule has 1 N–H and O–H groups in total. The first kappa shape index (κ1) is 13.3. The molecule has 4 nitrogen and oxygen atoms in total.